The molecular formula is C15H18NO2. The van der Waals surface area contributed by atoms with Crippen molar-refractivity contribution in [3.8, 4) is 0 Å². The maximum absolute atomic E-state index is 12.1. The van der Waals surface area contributed by atoms with Gasteiger partial charge < -0.3 is 9.64 Å². The van der Waals surface area contributed by atoms with Gasteiger partial charge in [-0.3, -0.25) is 0 Å². The largest absolute Gasteiger partial charge is 0.445 e. The molecular weight excluding hydrogens is 226 g/mol. The molecule has 0 aromatic heterocycles. The second-order valence-corrected chi connectivity index (χ2v) is 5.09. The molecule has 0 N–H and O–H groups in total. The fourth-order valence-electron chi connectivity index (χ4n) is 3.00. The average Bonchev–Trinajstić information content (AvgIpc) is 2.67. The van der Waals surface area contributed by atoms with Gasteiger partial charge in [-0.15, -0.1) is 0 Å². The smallest absolute Gasteiger partial charge is 0.410 e. The van der Waals surface area contributed by atoms with Crippen LogP contribution in [0.5, 0.6) is 0 Å². The van der Waals surface area contributed by atoms with Crippen molar-refractivity contribution >= 4 is 6.09 Å². The first-order chi connectivity index (χ1) is 8.84. The van der Waals surface area contributed by atoms with Gasteiger partial charge >= 0.3 is 6.09 Å². The highest BCUT2D eigenvalue weighted by atomic mass is 16.6. The molecule has 2 heterocycles. The lowest BCUT2D eigenvalue weighted by Crippen LogP contribution is -2.44. The summed E-state index contributed by atoms with van der Waals surface area (Å²) in [6, 6.07) is 10.6. The Morgan fingerprint density at radius 1 is 1.17 bits per heavy atom. The zero-order chi connectivity index (χ0) is 12.4. The highest BCUT2D eigenvalue weighted by molar-refractivity contribution is 5.69. The molecule has 3 heteroatoms. The molecule has 18 heavy (non-hydrogen) atoms. The zero-order valence-corrected chi connectivity index (χ0v) is 10.4. The van der Waals surface area contributed by atoms with E-state index in [4.69, 9.17) is 4.74 Å². The van der Waals surface area contributed by atoms with Crippen LogP contribution in [0, 0.1) is 6.42 Å². The third-order valence-electron chi connectivity index (χ3n) is 3.91. The van der Waals surface area contributed by atoms with E-state index >= 15 is 0 Å². The molecule has 0 saturated carbocycles. The van der Waals surface area contributed by atoms with Gasteiger partial charge in [-0.1, -0.05) is 30.3 Å². The fourth-order valence-corrected chi connectivity index (χ4v) is 3.00. The number of amides is 1. The molecule has 2 saturated heterocycles. The molecule has 2 aliphatic heterocycles. The van der Waals surface area contributed by atoms with E-state index in [0.717, 1.165) is 31.2 Å². The van der Waals surface area contributed by atoms with Crippen LogP contribution in [0.2, 0.25) is 0 Å². The van der Waals surface area contributed by atoms with Gasteiger partial charge in [-0.05, 0) is 37.7 Å². The Labute approximate surface area is 108 Å². The van der Waals surface area contributed by atoms with E-state index in [1.165, 1.54) is 0 Å². The van der Waals surface area contributed by atoms with Gasteiger partial charge in [0.05, 0.1) is 0 Å². The molecule has 2 atom stereocenters. The van der Waals surface area contributed by atoms with Gasteiger partial charge in [0.25, 0.3) is 0 Å². The molecule has 2 aliphatic rings. The number of rotatable bonds is 2. The van der Waals surface area contributed by atoms with Gasteiger partial charge in [0.2, 0.25) is 0 Å². The van der Waals surface area contributed by atoms with Crippen LogP contribution in [0.4, 0.5) is 4.79 Å². The maximum atomic E-state index is 12.1. The van der Waals surface area contributed by atoms with Crippen molar-refractivity contribution in [2.24, 2.45) is 0 Å². The van der Waals surface area contributed by atoms with E-state index in [0.29, 0.717) is 18.7 Å². The van der Waals surface area contributed by atoms with Crippen LogP contribution in [0.1, 0.15) is 31.2 Å². The molecule has 0 aliphatic carbocycles. The number of hydrogen-bond donors (Lipinski definition) is 0. The Balaban J connectivity index is 1.59. The molecule has 1 amide bonds. The number of fused-ring (bicyclic) bond motifs is 2. The van der Waals surface area contributed by atoms with Crippen LogP contribution < -0.4 is 0 Å². The summed E-state index contributed by atoms with van der Waals surface area (Å²) in [6.45, 7) is 0.374. The predicted molar refractivity (Wildman–Crippen MR) is 68.8 cm³/mol. The molecule has 2 fully saturated rings. The lowest BCUT2D eigenvalue weighted by atomic mass is 10.0. The van der Waals surface area contributed by atoms with Crippen molar-refractivity contribution in [2.45, 2.75) is 44.4 Å². The number of carbonyl (C=O) groups excluding carboxylic acids is 1. The molecule has 3 nitrogen and oxygen atoms in total. The third kappa shape index (κ3) is 2.22. The molecule has 1 aromatic rings. The maximum Gasteiger partial charge on any atom is 0.410 e. The highest BCUT2D eigenvalue weighted by Crippen LogP contribution is 2.35. The first-order valence-electron chi connectivity index (χ1n) is 6.65. The van der Waals surface area contributed by atoms with E-state index in [2.05, 4.69) is 6.42 Å². The lowest BCUT2D eigenvalue weighted by Gasteiger charge is -2.33. The number of nitrogens with zero attached hydrogens (tertiary/aromatic N) is 1. The minimum Gasteiger partial charge on any atom is -0.445 e. The number of carbonyl (C=O) groups is 1. The Bertz CT molecular complexity index is 402. The number of piperidine rings is 1. The molecule has 2 bridgehead atoms. The second-order valence-electron chi connectivity index (χ2n) is 5.09. The van der Waals surface area contributed by atoms with E-state index in [-0.39, 0.29) is 6.09 Å². The Hall–Kier alpha value is -1.51. The summed E-state index contributed by atoms with van der Waals surface area (Å²) in [7, 11) is 0. The quantitative estimate of drug-likeness (QED) is 0.799. The van der Waals surface area contributed by atoms with Crippen LogP contribution in [0.3, 0.4) is 0 Å². The van der Waals surface area contributed by atoms with Crippen LogP contribution in [-0.4, -0.2) is 23.1 Å². The summed E-state index contributed by atoms with van der Waals surface area (Å²) in [6.07, 6.45) is 6.47. The molecule has 95 valence electrons. The molecule has 2 unspecified atom stereocenters. The van der Waals surface area contributed by atoms with Crippen LogP contribution in [0.15, 0.2) is 30.3 Å². The molecule has 3 rings (SSSR count). The van der Waals surface area contributed by atoms with Gasteiger partial charge in [0.15, 0.2) is 0 Å². The minimum atomic E-state index is -0.139. The molecule has 1 radical (unpaired) electrons. The van der Waals surface area contributed by atoms with E-state index in [1.54, 1.807) is 0 Å². The summed E-state index contributed by atoms with van der Waals surface area (Å²) in [5.74, 6) is 0. The second kappa shape index (κ2) is 5.01. The average molecular weight is 244 g/mol. The van der Waals surface area contributed by atoms with Crippen LogP contribution >= 0.6 is 0 Å². The van der Waals surface area contributed by atoms with Gasteiger partial charge in [-0.2, -0.15) is 0 Å². The van der Waals surface area contributed by atoms with Gasteiger partial charge in [-0.25, -0.2) is 4.79 Å². The summed E-state index contributed by atoms with van der Waals surface area (Å²) in [5, 5.41) is 0. The monoisotopic (exact) mass is 244 g/mol. The first-order valence-corrected chi connectivity index (χ1v) is 6.65. The number of benzene rings is 1. The molecule has 1 aromatic carbocycles. The van der Waals surface area contributed by atoms with Crippen LogP contribution in [-0.2, 0) is 11.3 Å². The SMILES string of the molecule is O=C(OCc1ccccc1)N1C2C[CH]CC1CC2. The third-order valence-corrected chi connectivity index (χ3v) is 3.91. The standard InChI is InChI=1S/C15H18NO2/c17-15(18-11-12-5-2-1-3-6-12)16-13-7-4-8-14(16)10-9-13/h1-6,13-14H,7-11H2. The lowest BCUT2D eigenvalue weighted by molar-refractivity contribution is 0.0715. The minimum absolute atomic E-state index is 0.139. The van der Waals surface area contributed by atoms with Gasteiger partial charge in [0, 0.05) is 12.1 Å². The van der Waals surface area contributed by atoms with E-state index in [1.807, 2.05) is 35.2 Å². The number of hydrogen-bond acceptors (Lipinski definition) is 2. The van der Waals surface area contributed by atoms with E-state index in [9.17, 15) is 4.79 Å². The van der Waals surface area contributed by atoms with E-state index < -0.39 is 0 Å². The van der Waals surface area contributed by atoms with Crippen molar-refractivity contribution in [3.63, 3.8) is 0 Å². The van der Waals surface area contributed by atoms with Crippen molar-refractivity contribution in [2.75, 3.05) is 0 Å². The summed E-state index contributed by atoms with van der Waals surface area (Å²) < 4.78 is 5.42. The Morgan fingerprint density at radius 3 is 2.50 bits per heavy atom. The van der Waals surface area contributed by atoms with Crippen molar-refractivity contribution in [1.29, 1.82) is 0 Å². The van der Waals surface area contributed by atoms with Crippen molar-refractivity contribution in [1.82, 2.24) is 4.90 Å². The summed E-state index contributed by atoms with van der Waals surface area (Å²) in [4.78, 5) is 14.1. The summed E-state index contributed by atoms with van der Waals surface area (Å²) in [5.41, 5.74) is 1.04. The number of ether oxygens (including phenoxy) is 1. The zero-order valence-electron chi connectivity index (χ0n) is 10.4. The fraction of sp³-hybridized carbons (Fsp3) is 0.467. The Morgan fingerprint density at radius 2 is 1.83 bits per heavy atom. The Kier molecular flexibility index (Phi) is 3.22. The topological polar surface area (TPSA) is 29.5 Å². The van der Waals surface area contributed by atoms with Crippen molar-refractivity contribution in [3.05, 3.63) is 42.3 Å². The van der Waals surface area contributed by atoms with Crippen LogP contribution in [0.25, 0.3) is 0 Å². The predicted octanol–water partition coefficient (Wildman–Crippen LogP) is 3.15. The molecule has 0 spiro atoms. The summed E-state index contributed by atoms with van der Waals surface area (Å²) >= 11 is 0. The van der Waals surface area contributed by atoms with Crippen molar-refractivity contribution < 1.29 is 9.53 Å². The normalized spacial score (nSPS) is 26.1. The highest BCUT2D eigenvalue weighted by Gasteiger charge is 2.40. The van der Waals surface area contributed by atoms with Gasteiger partial charge in [0.1, 0.15) is 6.61 Å². The first kappa shape index (κ1) is 11.6.